The van der Waals surface area contributed by atoms with Gasteiger partial charge in [0.05, 0.1) is 33.5 Å². The molecular weight excluding hydrogens is 779 g/mol. The van der Waals surface area contributed by atoms with Crippen LogP contribution in [0, 0.1) is 27.6 Å². The molecule has 0 saturated carbocycles. The number of rotatable bonds is 7. The number of imidazole rings is 1. The summed E-state index contributed by atoms with van der Waals surface area (Å²) < 4.78 is 87.7. The van der Waals surface area contributed by atoms with Crippen LogP contribution in [0.4, 0.5) is 0 Å². The third-order valence-electron chi connectivity index (χ3n) is 12.0. The molecule has 9 rings (SSSR count). The molecule has 0 aliphatic carbocycles. The third kappa shape index (κ3) is 8.05. The van der Waals surface area contributed by atoms with Gasteiger partial charge >= 0.3 is 0 Å². The Labute approximate surface area is 393 Å². The van der Waals surface area contributed by atoms with Gasteiger partial charge in [-0.05, 0) is 148 Å². The highest BCUT2D eigenvalue weighted by Gasteiger charge is 2.25. The first-order valence-electron chi connectivity index (χ1n) is 26.5. The summed E-state index contributed by atoms with van der Waals surface area (Å²) in [5.74, 6) is 0.443. The lowest BCUT2D eigenvalue weighted by atomic mass is 9.83. The Bertz CT molecular complexity index is 3640. The number of benzene rings is 7. The predicted molar refractivity (Wildman–Crippen MR) is 269 cm³/mol. The zero-order valence-corrected chi connectivity index (χ0v) is 37.5. The van der Waals surface area contributed by atoms with Crippen LogP contribution in [0.2, 0.25) is 0 Å². The number of nitrogens with zero attached hydrogens (tertiary/aromatic N) is 3. The van der Waals surface area contributed by atoms with E-state index in [1.54, 1.807) is 18.2 Å². The molecule has 0 spiro atoms. The van der Waals surface area contributed by atoms with Crippen molar-refractivity contribution >= 4 is 11.0 Å². The zero-order valence-electron chi connectivity index (χ0n) is 47.5. The van der Waals surface area contributed by atoms with Gasteiger partial charge in [-0.3, -0.25) is 9.55 Å². The Hall–Kier alpha value is -7.04. The van der Waals surface area contributed by atoms with Crippen LogP contribution < -0.4 is 0 Å². The second-order valence-corrected chi connectivity index (χ2v) is 18.8. The first-order chi connectivity index (χ1) is 34.6. The summed E-state index contributed by atoms with van der Waals surface area (Å²) in [6.45, 7) is 11.1. The van der Waals surface area contributed by atoms with Crippen LogP contribution in [0.3, 0.4) is 0 Å². The average Bonchev–Trinajstić information content (AvgIpc) is 3.73. The summed E-state index contributed by atoms with van der Waals surface area (Å²) in [4.78, 5) is 10.2. The minimum atomic E-state index is -2.85. The Kier molecular flexibility index (Phi) is 8.06. The lowest BCUT2D eigenvalue weighted by molar-refractivity contribution is 0.472. The maximum absolute atomic E-state index is 12.0. The van der Waals surface area contributed by atoms with E-state index in [9.17, 15) is 5.11 Å². The number of pyridine rings is 1. The fourth-order valence-electron chi connectivity index (χ4n) is 8.46. The second-order valence-electron chi connectivity index (χ2n) is 18.8. The molecule has 318 valence electrons. The molecule has 0 bridgehead atoms. The number of aromatic hydroxyl groups is 1. The van der Waals surface area contributed by atoms with Gasteiger partial charge in [-0.15, -0.1) is 0 Å². The fourth-order valence-corrected chi connectivity index (χ4v) is 8.46. The largest absolute Gasteiger partial charge is 0.507 e. The van der Waals surface area contributed by atoms with Crippen LogP contribution in [0.25, 0.3) is 83.9 Å². The van der Waals surface area contributed by atoms with Gasteiger partial charge in [0.1, 0.15) is 11.6 Å². The monoisotopic (exact) mass is 846 g/mol. The van der Waals surface area contributed by atoms with Crippen LogP contribution in [-0.4, -0.2) is 19.6 Å². The molecule has 0 saturated heterocycles. The molecule has 0 amide bonds. The number of phenolic OH excluding ortho intramolecular Hbond substituents is 1. The normalized spacial score (nSPS) is 14.6. The maximum Gasteiger partial charge on any atom is 0.149 e. The molecule has 7 aromatic carbocycles. The molecule has 0 aliphatic rings. The highest BCUT2D eigenvalue weighted by molar-refractivity contribution is 5.98. The van der Waals surface area contributed by atoms with E-state index in [2.05, 4.69) is 59.7 Å². The van der Waals surface area contributed by atoms with Crippen molar-refractivity contribution in [1.82, 2.24) is 14.5 Å². The van der Waals surface area contributed by atoms with Gasteiger partial charge in [0, 0.05) is 31.1 Å². The number of aromatic nitrogens is 3. The predicted octanol–water partition coefficient (Wildman–Crippen LogP) is 16.0. The van der Waals surface area contributed by atoms with E-state index in [4.69, 9.17) is 23.7 Å². The molecule has 4 nitrogen and oxygen atoms in total. The summed E-state index contributed by atoms with van der Waals surface area (Å²) >= 11 is 0. The molecular formula is C60H57N3O. The van der Waals surface area contributed by atoms with Crippen molar-refractivity contribution in [2.24, 2.45) is 0 Å². The fraction of sp³-hybridized carbons (Fsp3) is 0.200. The topological polar surface area (TPSA) is 50.9 Å². The first kappa shape index (κ1) is 31.7. The number of phenols is 1. The summed E-state index contributed by atoms with van der Waals surface area (Å²) in [5, 5.41) is 12.0. The second kappa shape index (κ2) is 16.3. The average molecular weight is 846 g/mol. The molecule has 2 aromatic heterocycles. The standard InChI is InChI=1S/C60H57N3O/c1-37-19-21-41(22-20-37)44-27-28-61-53(35-44)46-32-45(33-48(34-46)60(8,9)10)49-17-14-18-54-56(49)62-58(52-30-38(2)29-40(4)57(52)64)63(54)55-31-39(3)50(36-51(55)42-15-12-11-13-16-42)43-23-25-47(26-24-43)59(5,6)7/h11-36,64H,1-10H3/i1D3,3D3,19D,20D,21D,22D. The maximum atomic E-state index is 12.0. The van der Waals surface area contributed by atoms with Gasteiger partial charge in [-0.1, -0.05) is 150 Å². The Balaban J connectivity index is 1.33. The molecule has 9 aromatic rings. The van der Waals surface area contributed by atoms with Crippen molar-refractivity contribution in [3.05, 3.63) is 191 Å². The van der Waals surface area contributed by atoms with Crippen molar-refractivity contribution in [2.75, 3.05) is 0 Å². The SMILES string of the molecule is [2H]c1c([2H])c(C([2H])([2H])[2H])c([2H])c([2H])c1-c1ccnc(-c2cc(-c3cccc4c3nc(-c3cc(C)cc(C)c3O)n4-c3cc(C([2H])([2H])[2H])c(-c4ccc(C(C)(C)C)cc4)cc3-c3ccccc3)cc(C(C)(C)C)c2)c1. The van der Waals surface area contributed by atoms with E-state index in [1.165, 1.54) is 6.20 Å². The van der Waals surface area contributed by atoms with E-state index < -0.39 is 43.4 Å². The van der Waals surface area contributed by atoms with Crippen molar-refractivity contribution in [3.8, 4) is 78.6 Å². The van der Waals surface area contributed by atoms with E-state index in [-0.39, 0.29) is 27.7 Å². The molecule has 0 aliphatic heterocycles. The number of hydrogen-bond donors (Lipinski definition) is 1. The number of fused-ring (bicyclic) bond motifs is 1. The quantitative estimate of drug-likeness (QED) is 0.174. The van der Waals surface area contributed by atoms with E-state index in [1.807, 2.05) is 109 Å². The molecule has 0 radical (unpaired) electrons. The van der Waals surface area contributed by atoms with Crippen molar-refractivity contribution in [1.29, 1.82) is 0 Å². The minimum Gasteiger partial charge on any atom is -0.507 e. The first-order valence-corrected chi connectivity index (χ1v) is 21.5. The van der Waals surface area contributed by atoms with Gasteiger partial charge in [0.2, 0.25) is 0 Å². The molecule has 4 heteroatoms. The molecule has 0 unspecified atom stereocenters. The van der Waals surface area contributed by atoms with Crippen LogP contribution >= 0.6 is 0 Å². The Morgan fingerprint density at radius 2 is 1.25 bits per heavy atom. The number of aryl methyl sites for hydroxylation is 3. The van der Waals surface area contributed by atoms with Crippen LogP contribution in [-0.2, 0) is 10.8 Å². The lowest BCUT2D eigenvalue weighted by Gasteiger charge is -2.22. The third-order valence-corrected chi connectivity index (χ3v) is 12.0. The van der Waals surface area contributed by atoms with Gasteiger partial charge < -0.3 is 5.11 Å². The molecule has 64 heavy (non-hydrogen) atoms. The number of hydrogen-bond acceptors (Lipinski definition) is 3. The van der Waals surface area contributed by atoms with Crippen molar-refractivity contribution < 1.29 is 18.8 Å². The van der Waals surface area contributed by atoms with Crippen LogP contribution in [0.15, 0.2) is 158 Å². The highest BCUT2D eigenvalue weighted by atomic mass is 16.3. The highest BCUT2D eigenvalue weighted by Crippen LogP contribution is 2.44. The minimum absolute atomic E-state index is 0.0377. The summed E-state index contributed by atoms with van der Waals surface area (Å²) in [6, 6.07) is 38.5. The summed E-state index contributed by atoms with van der Waals surface area (Å²) in [7, 11) is 0. The van der Waals surface area contributed by atoms with Gasteiger partial charge in [-0.25, -0.2) is 4.98 Å². The van der Waals surface area contributed by atoms with Crippen LogP contribution in [0.1, 0.15) is 88.6 Å². The number of para-hydroxylation sites is 1. The molecule has 0 atom stereocenters. The molecule has 2 heterocycles. The summed E-state index contributed by atoms with van der Waals surface area (Å²) in [6.07, 6.45) is 1.53. The van der Waals surface area contributed by atoms with E-state index >= 15 is 0 Å². The van der Waals surface area contributed by atoms with Crippen LogP contribution in [0.5, 0.6) is 5.75 Å². The smallest absolute Gasteiger partial charge is 0.149 e. The zero-order chi connectivity index (χ0) is 53.6. The van der Waals surface area contributed by atoms with E-state index in [0.29, 0.717) is 56.1 Å². The van der Waals surface area contributed by atoms with Gasteiger partial charge in [0.15, 0.2) is 0 Å². The summed E-state index contributed by atoms with van der Waals surface area (Å²) in [5.41, 5.74) is 10.8. The van der Waals surface area contributed by atoms with Crippen molar-refractivity contribution in [3.63, 3.8) is 0 Å². The lowest BCUT2D eigenvalue weighted by Crippen LogP contribution is -2.11. The van der Waals surface area contributed by atoms with E-state index in [0.717, 1.165) is 44.5 Å². The Morgan fingerprint density at radius 3 is 1.95 bits per heavy atom. The van der Waals surface area contributed by atoms with Gasteiger partial charge in [0.25, 0.3) is 0 Å². The van der Waals surface area contributed by atoms with Gasteiger partial charge in [-0.2, -0.15) is 0 Å². The molecule has 0 fully saturated rings. The molecule has 1 N–H and O–H groups in total. The van der Waals surface area contributed by atoms with Crippen molar-refractivity contribution in [2.45, 2.75) is 79.9 Å². The Morgan fingerprint density at radius 1 is 0.531 bits per heavy atom.